The van der Waals surface area contributed by atoms with Gasteiger partial charge in [0.05, 0.1) is 6.54 Å². The van der Waals surface area contributed by atoms with E-state index in [0.29, 0.717) is 4.47 Å². The smallest absolute Gasteiger partial charge is 0.245 e. The quantitative estimate of drug-likeness (QED) is 0.900. The molecule has 1 aliphatic heterocycles. The van der Waals surface area contributed by atoms with Crippen LogP contribution in [0.3, 0.4) is 0 Å². The molecule has 1 aromatic rings. The van der Waals surface area contributed by atoms with E-state index in [-0.39, 0.29) is 30.7 Å². The lowest BCUT2D eigenvalue weighted by Gasteiger charge is -2.41. The monoisotopic (exact) mass is 328 g/mol. The van der Waals surface area contributed by atoms with Gasteiger partial charge < -0.3 is 10.2 Å². The topological polar surface area (TPSA) is 49.4 Å². The summed E-state index contributed by atoms with van der Waals surface area (Å²) in [5.41, 5.74) is -0.152. The zero-order valence-electron chi connectivity index (χ0n) is 10.7. The first-order chi connectivity index (χ1) is 8.82. The van der Waals surface area contributed by atoms with Crippen LogP contribution in [0.4, 0.5) is 4.39 Å². The third kappa shape index (κ3) is 2.63. The van der Waals surface area contributed by atoms with Crippen LogP contribution in [0.25, 0.3) is 0 Å². The van der Waals surface area contributed by atoms with Gasteiger partial charge in [-0.2, -0.15) is 0 Å². The second-order valence-corrected chi connectivity index (χ2v) is 5.81. The van der Waals surface area contributed by atoms with Gasteiger partial charge in [-0.25, -0.2) is 4.39 Å². The summed E-state index contributed by atoms with van der Waals surface area (Å²) in [7, 11) is 0. The van der Waals surface area contributed by atoms with Crippen molar-refractivity contribution >= 4 is 27.7 Å². The number of halogens is 2. The zero-order valence-corrected chi connectivity index (χ0v) is 12.3. The van der Waals surface area contributed by atoms with Crippen LogP contribution in [0.5, 0.6) is 0 Å². The Morgan fingerprint density at radius 3 is 2.74 bits per heavy atom. The summed E-state index contributed by atoms with van der Waals surface area (Å²) in [6.45, 7) is 3.65. The predicted molar refractivity (Wildman–Crippen MR) is 71.7 cm³/mol. The van der Waals surface area contributed by atoms with Crippen molar-refractivity contribution in [3.8, 4) is 0 Å². The summed E-state index contributed by atoms with van der Waals surface area (Å²) >= 11 is 3.27. The van der Waals surface area contributed by atoms with Gasteiger partial charge in [0.1, 0.15) is 11.4 Å². The number of hydrogen-bond acceptors (Lipinski definition) is 2. The van der Waals surface area contributed by atoms with Gasteiger partial charge in [-0.15, -0.1) is 0 Å². The molecule has 6 heteroatoms. The summed E-state index contributed by atoms with van der Waals surface area (Å²) in [4.78, 5) is 25.3. The fraction of sp³-hybridized carbons (Fsp3) is 0.385. The molecule has 0 atom stereocenters. The second-order valence-electron chi connectivity index (χ2n) is 4.96. The van der Waals surface area contributed by atoms with Crippen LogP contribution in [0.1, 0.15) is 19.4 Å². The number of benzene rings is 1. The Bertz CT molecular complexity index is 545. The Morgan fingerprint density at radius 2 is 2.11 bits per heavy atom. The number of carbonyl (C=O) groups is 2. The fourth-order valence-corrected chi connectivity index (χ4v) is 2.48. The van der Waals surface area contributed by atoms with Crippen LogP contribution < -0.4 is 5.32 Å². The van der Waals surface area contributed by atoms with Crippen molar-refractivity contribution in [3.05, 3.63) is 34.1 Å². The highest BCUT2D eigenvalue weighted by atomic mass is 79.9. The Labute approximate surface area is 119 Å². The number of piperazine rings is 1. The fourth-order valence-electron chi connectivity index (χ4n) is 2.01. The van der Waals surface area contributed by atoms with Crippen molar-refractivity contribution in [1.29, 1.82) is 0 Å². The van der Waals surface area contributed by atoms with Gasteiger partial charge >= 0.3 is 0 Å². The van der Waals surface area contributed by atoms with Gasteiger partial charge in [0.15, 0.2) is 0 Å². The van der Waals surface area contributed by atoms with E-state index in [4.69, 9.17) is 0 Å². The number of amides is 2. The van der Waals surface area contributed by atoms with E-state index < -0.39 is 5.54 Å². The molecule has 1 N–H and O–H groups in total. The molecule has 0 radical (unpaired) electrons. The zero-order chi connectivity index (χ0) is 14.2. The summed E-state index contributed by atoms with van der Waals surface area (Å²) in [6.07, 6.45) is 0. The van der Waals surface area contributed by atoms with Gasteiger partial charge in [-0.3, -0.25) is 9.59 Å². The number of hydrogen-bond donors (Lipinski definition) is 1. The Balaban J connectivity index is 2.29. The average Bonchev–Trinajstić information content (AvgIpc) is 2.32. The minimum atomic E-state index is -0.914. The molecule has 4 nitrogen and oxygen atoms in total. The van der Waals surface area contributed by atoms with E-state index in [1.165, 1.54) is 17.0 Å². The van der Waals surface area contributed by atoms with Crippen molar-refractivity contribution < 1.29 is 14.0 Å². The SMILES string of the molecule is CC1(C)C(=O)NCC(=O)N1Cc1ccc(F)cc1Br. The summed E-state index contributed by atoms with van der Waals surface area (Å²) < 4.78 is 13.6. The van der Waals surface area contributed by atoms with Gasteiger partial charge in [-0.1, -0.05) is 22.0 Å². The molecule has 1 fully saturated rings. The minimum absolute atomic E-state index is 0.00107. The van der Waals surface area contributed by atoms with Crippen molar-refractivity contribution in [2.45, 2.75) is 25.9 Å². The molecule has 19 heavy (non-hydrogen) atoms. The van der Waals surface area contributed by atoms with Crippen LogP contribution >= 0.6 is 15.9 Å². The highest BCUT2D eigenvalue weighted by Gasteiger charge is 2.41. The van der Waals surface area contributed by atoms with Crippen LogP contribution in [0.15, 0.2) is 22.7 Å². The summed E-state index contributed by atoms with van der Waals surface area (Å²) in [5.74, 6) is -0.691. The van der Waals surface area contributed by atoms with Gasteiger partial charge in [-0.05, 0) is 31.5 Å². The van der Waals surface area contributed by atoms with Crippen LogP contribution in [-0.2, 0) is 16.1 Å². The molecule has 0 saturated carbocycles. The first kappa shape index (κ1) is 14.0. The Morgan fingerprint density at radius 1 is 1.42 bits per heavy atom. The Hall–Kier alpha value is -1.43. The van der Waals surface area contributed by atoms with E-state index in [1.54, 1.807) is 19.9 Å². The van der Waals surface area contributed by atoms with Crippen molar-refractivity contribution in [2.24, 2.45) is 0 Å². The molecule has 2 amide bonds. The van der Waals surface area contributed by atoms with Gasteiger partial charge in [0.25, 0.3) is 0 Å². The Kier molecular flexibility index (Phi) is 3.62. The maximum Gasteiger partial charge on any atom is 0.245 e. The first-order valence-corrected chi connectivity index (χ1v) is 6.64. The molecule has 1 aliphatic rings. The second kappa shape index (κ2) is 4.92. The highest BCUT2D eigenvalue weighted by Crippen LogP contribution is 2.25. The molecule has 0 unspecified atom stereocenters. The summed E-state index contributed by atoms with van der Waals surface area (Å²) in [6, 6.07) is 4.29. The lowest BCUT2D eigenvalue weighted by molar-refractivity contribution is -0.152. The van der Waals surface area contributed by atoms with Crippen LogP contribution in [0, 0.1) is 5.82 Å². The van der Waals surface area contributed by atoms with E-state index in [2.05, 4.69) is 21.2 Å². The number of nitrogens with one attached hydrogen (secondary N) is 1. The van der Waals surface area contributed by atoms with Crippen molar-refractivity contribution in [2.75, 3.05) is 6.54 Å². The molecule has 0 aromatic heterocycles. The highest BCUT2D eigenvalue weighted by molar-refractivity contribution is 9.10. The molecule has 0 spiro atoms. The number of carbonyl (C=O) groups excluding carboxylic acids is 2. The van der Waals surface area contributed by atoms with E-state index >= 15 is 0 Å². The molecular formula is C13H14BrFN2O2. The third-order valence-corrected chi connectivity index (χ3v) is 4.01. The van der Waals surface area contributed by atoms with E-state index in [0.717, 1.165) is 5.56 Å². The van der Waals surface area contributed by atoms with Crippen LogP contribution in [-0.4, -0.2) is 28.8 Å². The predicted octanol–water partition coefficient (Wildman–Crippen LogP) is 1.83. The average molecular weight is 329 g/mol. The van der Waals surface area contributed by atoms with Gasteiger partial charge in [0.2, 0.25) is 11.8 Å². The lowest BCUT2D eigenvalue weighted by atomic mass is 9.97. The molecule has 1 saturated heterocycles. The third-order valence-electron chi connectivity index (χ3n) is 3.28. The van der Waals surface area contributed by atoms with E-state index in [9.17, 15) is 14.0 Å². The molecule has 1 aromatic carbocycles. The maximum atomic E-state index is 13.0. The van der Waals surface area contributed by atoms with Crippen molar-refractivity contribution in [1.82, 2.24) is 10.2 Å². The van der Waals surface area contributed by atoms with E-state index in [1.807, 2.05) is 0 Å². The molecule has 102 valence electrons. The minimum Gasteiger partial charge on any atom is -0.345 e. The van der Waals surface area contributed by atoms with Crippen LogP contribution in [0.2, 0.25) is 0 Å². The summed E-state index contributed by atoms with van der Waals surface area (Å²) in [5, 5.41) is 2.56. The standard InChI is InChI=1S/C13H14BrFN2O2/c1-13(2)12(19)16-6-11(18)17(13)7-8-3-4-9(15)5-10(8)14/h3-5H,6-7H2,1-2H3,(H,16,19). The molecule has 2 rings (SSSR count). The molecule has 1 heterocycles. The van der Waals surface area contributed by atoms with Crippen molar-refractivity contribution in [3.63, 3.8) is 0 Å². The molecule has 0 bridgehead atoms. The number of nitrogens with zero attached hydrogens (tertiary/aromatic N) is 1. The lowest BCUT2D eigenvalue weighted by Crippen LogP contribution is -2.63. The maximum absolute atomic E-state index is 13.0. The normalized spacial score (nSPS) is 18.4. The van der Waals surface area contributed by atoms with Gasteiger partial charge in [0, 0.05) is 11.0 Å². The largest absolute Gasteiger partial charge is 0.345 e. The first-order valence-electron chi connectivity index (χ1n) is 5.85. The number of rotatable bonds is 2. The molecule has 0 aliphatic carbocycles. The molecular weight excluding hydrogens is 315 g/mol.